The number of aldehydes is 1. The molecule has 0 unspecified atom stereocenters. The van der Waals surface area contributed by atoms with E-state index in [1.807, 2.05) is 6.92 Å². The molecule has 1 heterocycles. The third kappa shape index (κ3) is 2.46. The van der Waals surface area contributed by atoms with E-state index in [4.69, 9.17) is 11.6 Å². The van der Waals surface area contributed by atoms with E-state index in [0.29, 0.717) is 35.0 Å². The summed E-state index contributed by atoms with van der Waals surface area (Å²) in [5.41, 5.74) is 1.54. The first-order valence-electron chi connectivity index (χ1n) is 4.84. The van der Waals surface area contributed by atoms with Crippen LogP contribution in [-0.2, 0) is 26.2 Å². The number of nitrogens with zero attached hydrogens (tertiary/aromatic N) is 1. The van der Waals surface area contributed by atoms with E-state index in [1.165, 1.54) is 0 Å². The van der Waals surface area contributed by atoms with Crippen LogP contribution in [0.25, 0.3) is 11.0 Å². The van der Waals surface area contributed by atoms with Crippen LogP contribution in [0.3, 0.4) is 0 Å². The number of hydrogen-bond donors (Lipinski definition) is 1. The Morgan fingerprint density at radius 2 is 2.18 bits per heavy atom. The molecule has 0 saturated carbocycles. The Morgan fingerprint density at radius 1 is 1.47 bits per heavy atom. The number of rotatable bonds is 2. The summed E-state index contributed by atoms with van der Waals surface area (Å²) in [6.07, 6.45) is 1.20. The molecule has 4 nitrogen and oxygen atoms in total. The van der Waals surface area contributed by atoms with Crippen molar-refractivity contribution in [3.8, 4) is 0 Å². The number of aromatic amines is 1. The number of carbonyl (C=O) groups is 1. The summed E-state index contributed by atoms with van der Waals surface area (Å²) in [5, 5.41) is 0.236. The average Bonchev–Trinajstić information content (AvgIpc) is 2.30. The van der Waals surface area contributed by atoms with Crippen LogP contribution in [0, 0.1) is 0 Å². The molecule has 6 heteroatoms. The van der Waals surface area contributed by atoms with Crippen molar-refractivity contribution in [2.75, 3.05) is 0 Å². The molecule has 0 atom stereocenters. The van der Waals surface area contributed by atoms with Crippen molar-refractivity contribution >= 4 is 28.9 Å². The van der Waals surface area contributed by atoms with Gasteiger partial charge in [0, 0.05) is 25.4 Å². The molecule has 1 aromatic heterocycles. The molecule has 0 radical (unpaired) electrons. The van der Waals surface area contributed by atoms with Crippen LogP contribution >= 0.6 is 11.6 Å². The van der Waals surface area contributed by atoms with Crippen LogP contribution in [-0.4, -0.2) is 16.3 Å². The van der Waals surface area contributed by atoms with E-state index >= 15 is 0 Å². The maximum atomic E-state index is 11.6. The van der Waals surface area contributed by atoms with Crippen molar-refractivity contribution in [1.82, 2.24) is 9.97 Å². The van der Waals surface area contributed by atoms with Crippen LogP contribution in [0.15, 0.2) is 16.9 Å². The summed E-state index contributed by atoms with van der Waals surface area (Å²) in [5.74, 6) is 0. The van der Waals surface area contributed by atoms with Crippen molar-refractivity contribution < 1.29 is 24.6 Å². The third-order valence-electron chi connectivity index (χ3n) is 2.37. The van der Waals surface area contributed by atoms with Crippen LogP contribution in [0.5, 0.6) is 0 Å². The largest absolute Gasteiger partial charge is 0.318 e. The second-order valence-corrected chi connectivity index (χ2v) is 3.72. The first kappa shape index (κ1) is 14.0. The van der Waals surface area contributed by atoms with Gasteiger partial charge in [0.05, 0.1) is 16.1 Å². The molecule has 0 fully saturated rings. The fourth-order valence-electron chi connectivity index (χ4n) is 1.51. The molecular weight excluding hydrogens is 418 g/mol. The molecule has 0 bridgehead atoms. The monoisotopic (exact) mass is 428 g/mol. The Balaban J connectivity index is 0.00000144. The van der Waals surface area contributed by atoms with Crippen molar-refractivity contribution in [3.05, 3.63) is 38.8 Å². The molecule has 0 aliphatic rings. The average molecular weight is 427 g/mol. The number of aromatic nitrogens is 2. The van der Waals surface area contributed by atoms with Crippen LogP contribution in [0.1, 0.15) is 23.0 Å². The van der Waals surface area contributed by atoms with Gasteiger partial charge in [0.2, 0.25) is 0 Å². The predicted octanol–water partition coefficient (Wildman–Crippen LogP) is 1.95. The number of fused-ring (bicyclic) bond motifs is 1. The molecule has 17 heavy (non-hydrogen) atoms. The molecular formula is C11H9ClN2O2Os. The summed E-state index contributed by atoms with van der Waals surface area (Å²) >= 11 is 5.97. The zero-order valence-corrected chi connectivity index (χ0v) is 12.2. The van der Waals surface area contributed by atoms with Crippen LogP contribution < -0.4 is 5.56 Å². The first-order valence-corrected chi connectivity index (χ1v) is 5.21. The van der Waals surface area contributed by atoms with E-state index in [9.17, 15) is 9.59 Å². The van der Waals surface area contributed by atoms with E-state index < -0.39 is 0 Å². The Morgan fingerprint density at radius 3 is 2.76 bits per heavy atom. The minimum absolute atomic E-state index is 0. The maximum absolute atomic E-state index is 11.6. The summed E-state index contributed by atoms with van der Waals surface area (Å²) in [6.45, 7) is 1.85. The Hall–Kier alpha value is -1.04. The van der Waals surface area contributed by atoms with Gasteiger partial charge in [-0.2, -0.15) is 0 Å². The summed E-state index contributed by atoms with van der Waals surface area (Å²) < 4.78 is 0. The first-order chi connectivity index (χ1) is 7.67. The van der Waals surface area contributed by atoms with E-state index in [2.05, 4.69) is 9.97 Å². The van der Waals surface area contributed by atoms with Crippen LogP contribution in [0.4, 0.5) is 0 Å². The van der Waals surface area contributed by atoms with Crippen molar-refractivity contribution in [1.29, 1.82) is 0 Å². The summed E-state index contributed by atoms with van der Waals surface area (Å²) in [7, 11) is 0. The molecule has 0 saturated heterocycles. The molecule has 0 aliphatic carbocycles. The fraction of sp³-hybridized carbons (Fsp3) is 0.182. The number of hydrogen-bond acceptors (Lipinski definition) is 3. The Labute approximate surface area is 115 Å². The van der Waals surface area contributed by atoms with E-state index in [1.54, 1.807) is 12.1 Å². The van der Waals surface area contributed by atoms with Gasteiger partial charge in [0.15, 0.2) is 6.29 Å². The summed E-state index contributed by atoms with van der Waals surface area (Å²) in [6, 6.07) is 3.25. The molecule has 0 aliphatic heterocycles. The number of benzene rings is 1. The second-order valence-electron chi connectivity index (χ2n) is 3.35. The van der Waals surface area contributed by atoms with Crippen LogP contribution in [0.2, 0.25) is 5.02 Å². The standard InChI is InChI=1S/C11H9ClN2O2.Os/c1-2-7-11(16)14-10-8(13-7)4-3-6(5-15)9(10)12;/h3-5H,2H2,1H3,(H,14,16);. The quantitative estimate of drug-likeness (QED) is 0.747. The topological polar surface area (TPSA) is 62.8 Å². The molecule has 2 rings (SSSR count). The fourth-order valence-corrected chi connectivity index (χ4v) is 1.76. The molecule has 0 spiro atoms. The van der Waals surface area contributed by atoms with Crippen molar-refractivity contribution in [2.24, 2.45) is 0 Å². The molecule has 2 aromatic rings. The molecule has 0 amide bonds. The van der Waals surface area contributed by atoms with Gasteiger partial charge in [-0.1, -0.05) is 18.5 Å². The van der Waals surface area contributed by atoms with Crippen molar-refractivity contribution in [3.63, 3.8) is 0 Å². The third-order valence-corrected chi connectivity index (χ3v) is 2.77. The van der Waals surface area contributed by atoms with Gasteiger partial charge in [-0.05, 0) is 18.6 Å². The van der Waals surface area contributed by atoms with Crippen molar-refractivity contribution in [2.45, 2.75) is 13.3 Å². The molecule has 1 N–H and O–H groups in total. The van der Waals surface area contributed by atoms with Gasteiger partial charge in [0.25, 0.3) is 5.56 Å². The number of aryl methyl sites for hydroxylation is 1. The Kier molecular flexibility index (Phi) is 4.56. The van der Waals surface area contributed by atoms with E-state index in [0.717, 1.165) is 0 Å². The normalized spacial score (nSPS) is 10.0. The van der Waals surface area contributed by atoms with Gasteiger partial charge < -0.3 is 4.98 Å². The zero-order valence-electron chi connectivity index (χ0n) is 8.93. The minimum atomic E-state index is -0.264. The SMILES string of the molecule is CCc1nc2ccc(C=O)c(Cl)c2[nH]c1=O.[Os]. The smallest absolute Gasteiger partial charge is 0.270 e. The number of carbonyl (C=O) groups excluding carboxylic acids is 1. The van der Waals surface area contributed by atoms with Gasteiger partial charge in [-0.3, -0.25) is 9.59 Å². The molecule has 90 valence electrons. The number of nitrogens with one attached hydrogen (secondary N) is 1. The summed E-state index contributed by atoms with van der Waals surface area (Å²) in [4.78, 5) is 29.1. The predicted molar refractivity (Wildman–Crippen MR) is 62.1 cm³/mol. The Bertz CT molecular complexity index is 625. The zero-order chi connectivity index (χ0) is 11.7. The number of halogens is 1. The minimum Gasteiger partial charge on any atom is -0.318 e. The van der Waals surface area contributed by atoms with E-state index in [-0.39, 0.29) is 30.4 Å². The van der Waals surface area contributed by atoms with Gasteiger partial charge in [0.1, 0.15) is 5.69 Å². The second kappa shape index (κ2) is 5.53. The number of H-pyrrole nitrogens is 1. The van der Waals surface area contributed by atoms with Gasteiger partial charge in [-0.15, -0.1) is 0 Å². The maximum Gasteiger partial charge on any atom is 0.270 e. The molecule has 1 aromatic carbocycles. The van der Waals surface area contributed by atoms with Gasteiger partial charge in [-0.25, -0.2) is 4.98 Å². The van der Waals surface area contributed by atoms with Gasteiger partial charge >= 0.3 is 0 Å².